The fourth-order valence-electron chi connectivity index (χ4n) is 2.42. The molecule has 0 aliphatic carbocycles. The standard InChI is InChI=1S/C17H11IN2O4/c18-12-7-5-10(6-8-12)13(14-15(21)19-20-16(14)22)9-1-3-11(4-2-9)17(23)24/h1-8H,(H,19,21)(H,20,22)(H,23,24). The summed E-state index contributed by atoms with van der Waals surface area (Å²) in [5.41, 5.74) is 6.44. The predicted octanol–water partition coefficient (Wildman–Crippen LogP) is 1.95. The second-order valence-corrected chi connectivity index (χ2v) is 6.29. The van der Waals surface area contributed by atoms with Crippen molar-refractivity contribution < 1.29 is 19.5 Å². The van der Waals surface area contributed by atoms with Crippen LogP contribution in [-0.2, 0) is 9.59 Å². The van der Waals surface area contributed by atoms with Crippen LogP contribution in [0.1, 0.15) is 21.5 Å². The van der Waals surface area contributed by atoms with Gasteiger partial charge in [0.15, 0.2) is 0 Å². The van der Waals surface area contributed by atoms with Crippen molar-refractivity contribution in [2.45, 2.75) is 0 Å². The normalized spacial score (nSPS) is 13.5. The van der Waals surface area contributed by atoms with Crippen molar-refractivity contribution in [1.82, 2.24) is 10.9 Å². The maximum Gasteiger partial charge on any atom is 0.335 e. The third kappa shape index (κ3) is 3.02. The number of rotatable bonds is 3. The molecule has 0 saturated carbocycles. The van der Waals surface area contributed by atoms with Crippen molar-refractivity contribution >= 4 is 45.9 Å². The second kappa shape index (κ2) is 6.44. The van der Waals surface area contributed by atoms with Gasteiger partial charge in [-0.15, -0.1) is 0 Å². The fourth-order valence-corrected chi connectivity index (χ4v) is 2.78. The number of carbonyl (C=O) groups excluding carboxylic acids is 2. The molecule has 2 aromatic rings. The van der Waals surface area contributed by atoms with E-state index < -0.39 is 17.8 Å². The minimum Gasteiger partial charge on any atom is -0.478 e. The lowest BCUT2D eigenvalue weighted by Gasteiger charge is -2.11. The Labute approximate surface area is 150 Å². The molecule has 0 unspecified atom stereocenters. The lowest BCUT2D eigenvalue weighted by atomic mass is 9.92. The first-order valence-electron chi connectivity index (χ1n) is 6.92. The van der Waals surface area contributed by atoms with E-state index in [4.69, 9.17) is 5.11 Å². The molecule has 0 bridgehead atoms. The Morgan fingerprint density at radius 3 is 1.67 bits per heavy atom. The molecule has 7 heteroatoms. The number of hydrazine groups is 1. The van der Waals surface area contributed by atoms with Gasteiger partial charge in [0.05, 0.1) is 5.56 Å². The molecule has 24 heavy (non-hydrogen) atoms. The molecule has 120 valence electrons. The summed E-state index contributed by atoms with van der Waals surface area (Å²) < 4.78 is 1.02. The lowest BCUT2D eigenvalue weighted by Crippen LogP contribution is -2.28. The van der Waals surface area contributed by atoms with Gasteiger partial charge in [0, 0.05) is 9.14 Å². The predicted molar refractivity (Wildman–Crippen MR) is 94.9 cm³/mol. The van der Waals surface area contributed by atoms with Gasteiger partial charge in [0.2, 0.25) is 0 Å². The Morgan fingerprint density at radius 1 is 0.792 bits per heavy atom. The monoisotopic (exact) mass is 434 g/mol. The molecule has 1 saturated heterocycles. The van der Waals surface area contributed by atoms with Crippen LogP contribution in [0.5, 0.6) is 0 Å². The number of carboxylic acid groups (broad SMARTS) is 1. The van der Waals surface area contributed by atoms with Crippen LogP contribution in [0.4, 0.5) is 0 Å². The van der Waals surface area contributed by atoms with E-state index in [-0.39, 0.29) is 11.1 Å². The van der Waals surface area contributed by atoms with Gasteiger partial charge in [-0.05, 0) is 58.0 Å². The zero-order valence-corrected chi connectivity index (χ0v) is 14.3. The molecule has 1 fully saturated rings. The average molecular weight is 434 g/mol. The molecular weight excluding hydrogens is 423 g/mol. The molecule has 0 aromatic heterocycles. The van der Waals surface area contributed by atoms with Crippen LogP contribution < -0.4 is 10.9 Å². The van der Waals surface area contributed by atoms with Gasteiger partial charge < -0.3 is 5.11 Å². The largest absolute Gasteiger partial charge is 0.478 e. The van der Waals surface area contributed by atoms with Crippen LogP contribution in [0.2, 0.25) is 0 Å². The van der Waals surface area contributed by atoms with E-state index in [2.05, 4.69) is 33.4 Å². The van der Waals surface area contributed by atoms with Gasteiger partial charge in [-0.2, -0.15) is 0 Å². The number of aromatic carboxylic acids is 1. The van der Waals surface area contributed by atoms with Gasteiger partial charge >= 0.3 is 5.97 Å². The average Bonchev–Trinajstić information content (AvgIpc) is 2.90. The summed E-state index contributed by atoms with van der Waals surface area (Å²) in [5, 5.41) is 9.02. The van der Waals surface area contributed by atoms with Crippen LogP contribution in [0.15, 0.2) is 54.1 Å². The molecule has 0 radical (unpaired) electrons. The van der Waals surface area contributed by atoms with Crippen LogP contribution in [0, 0.1) is 3.57 Å². The molecule has 0 spiro atoms. The summed E-state index contributed by atoms with van der Waals surface area (Å²) in [6.07, 6.45) is 0. The Bertz CT molecular complexity index is 852. The van der Waals surface area contributed by atoms with Gasteiger partial charge in [-0.1, -0.05) is 24.3 Å². The van der Waals surface area contributed by atoms with Crippen LogP contribution in [-0.4, -0.2) is 22.9 Å². The van der Waals surface area contributed by atoms with E-state index in [1.54, 1.807) is 12.1 Å². The smallest absolute Gasteiger partial charge is 0.335 e. The molecule has 0 atom stereocenters. The summed E-state index contributed by atoms with van der Waals surface area (Å²) >= 11 is 2.16. The number of nitrogens with one attached hydrogen (secondary N) is 2. The molecule has 2 aromatic carbocycles. The number of carboxylic acids is 1. The first kappa shape index (κ1) is 16.2. The molecule has 1 heterocycles. The summed E-state index contributed by atoms with van der Waals surface area (Å²) in [7, 11) is 0. The van der Waals surface area contributed by atoms with E-state index in [0.29, 0.717) is 16.7 Å². The molecule has 6 nitrogen and oxygen atoms in total. The number of hydrogen-bond donors (Lipinski definition) is 3. The van der Waals surface area contributed by atoms with E-state index in [1.807, 2.05) is 24.3 Å². The summed E-state index contributed by atoms with van der Waals surface area (Å²) in [4.78, 5) is 35.1. The number of amides is 2. The second-order valence-electron chi connectivity index (χ2n) is 5.05. The summed E-state index contributed by atoms with van der Waals surface area (Å²) in [5.74, 6) is -2.08. The highest BCUT2D eigenvalue weighted by atomic mass is 127. The summed E-state index contributed by atoms with van der Waals surface area (Å²) in [6, 6.07) is 13.4. The number of halogens is 1. The highest BCUT2D eigenvalue weighted by molar-refractivity contribution is 14.1. The number of carbonyl (C=O) groups is 3. The van der Waals surface area contributed by atoms with Crippen LogP contribution in [0.3, 0.4) is 0 Å². The van der Waals surface area contributed by atoms with Crippen LogP contribution >= 0.6 is 22.6 Å². The maximum absolute atomic E-state index is 12.1. The van der Waals surface area contributed by atoms with Crippen molar-refractivity contribution in [1.29, 1.82) is 0 Å². The van der Waals surface area contributed by atoms with Crippen molar-refractivity contribution in [3.63, 3.8) is 0 Å². The molecule has 1 aliphatic heterocycles. The van der Waals surface area contributed by atoms with Gasteiger partial charge in [0.1, 0.15) is 5.57 Å². The first-order chi connectivity index (χ1) is 11.5. The van der Waals surface area contributed by atoms with Gasteiger partial charge in [-0.25, -0.2) is 4.79 Å². The highest BCUT2D eigenvalue weighted by Crippen LogP contribution is 2.29. The number of benzene rings is 2. The Kier molecular flexibility index (Phi) is 4.34. The minimum absolute atomic E-state index is 0.000664. The quantitative estimate of drug-likeness (QED) is 0.391. The molecule has 1 aliphatic rings. The van der Waals surface area contributed by atoms with E-state index in [1.165, 1.54) is 12.1 Å². The van der Waals surface area contributed by atoms with Crippen LogP contribution in [0.25, 0.3) is 5.57 Å². The Hall–Kier alpha value is -2.68. The zero-order chi connectivity index (χ0) is 17.3. The zero-order valence-electron chi connectivity index (χ0n) is 12.2. The van der Waals surface area contributed by atoms with Gasteiger partial charge in [0.25, 0.3) is 11.8 Å². The molecule has 3 N–H and O–H groups in total. The maximum atomic E-state index is 12.1. The SMILES string of the molecule is O=C1NNC(=O)C1=C(c1ccc(I)cc1)c1ccc(C(=O)O)cc1. The van der Waals surface area contributed by atoms with Gasteiger partial charge in [-0.3, -0.25) is 20.4 Å². The van der Waals surface area contributed by atoms with Crippen molar-refractivity contribution in [3.05, 3.63) is 74.4 Å². The van der Waals surface area contributed by atoms with E-state index >= 15 is 0 Å². The topological polar surface area (TPSA) is 95.5 Å². The Morgan fingerprint density at radius 2 is 1.21 bits per heavy atom. The summed E-state index contributed by atoms with van der Waals surface area (Å²) in [6.45, 7) is 0. The highest BCUT2D eigenvalue weighted by Gasteiger charge is 2.30. The third-order valence-electron chi connectivity index (χ3n) is 3.55. The Balaban J connectivity index is 2.21. The molecular formula is C17H11IN2O4. The van der Waals surface area contributed by atoms with E-state index in [9.17, 15) is 14.4 Å². The molecule has 3 rings (SSSR count). The first-order valence-corrected chi connectivity index (χ1v) is 8.00. The molecule has 2 amide bonds. The third-order valence-corrected chi connectivity index (χ3v) is 4.27. The van der Waals surface area contributed by atoms with Crippen molar-refractivity contribution in [2.75, 3.05) is 0 Å². The minimum atomic E-state index is -1.04. The number of hydrogen-bond acceptors (Lipinski definition) is 3. The lowest BCUT2D eigenvalue weighted by molar-refractivity contribution is -0.117. The van der Waals surface area contributed by atoms with Crippen molar-refractivity contribution in [3.8, 4) is 0 Å². The fraction of sp³-hybridized carbons (Fsp3) is 0. The van der Waals surface area contributed by atoms with Crippen molar-refractivity contribution in [2.24, 2.45) is 0 Å². The van der Waals surface area contributed by atoms with E-state index in [0.717, 1.165) is 3.57 Å².